The Morgan fingerprint density at radius 3 is 0.878 bits per heavy atom. The van der Waals surface area contributed by atoms with Gasteiger partial charge in [0.15, 0.2) is 0 Å². The van der Waals surface area contributed by atoms with Crippen molar-refractivity contribution < 1.29 is 34.8 Å². The molecule has 15 aliphatic carbocycles. The lowest BCUT2D eigenvalue weighted by Crippen LogP contribution is -2.65. The van der Waals surface area contributed by atoms with Gasteiger partial charge in [-0.2, -0.15) is 0 Å². The fourth-order valence-corrected chi connectivity index (χ4v) is 35.8. The molecule has 12 fully saturated rings. The van der Waals surface area contributed by atoms with E-state index in [1.165, 1.54) is 16.7 Å². The highest BCUT2D eigenvalue weighted by Crippen LogP contribution is 2.81. The van der Waals surface area contributed by atoms with Gasteiger partial charge in [-0.1, -0.05) is 196 Å². The number of hydrogen-bond acceptors (Lipinski definition) is 13. The number of carbonyl (C=O) groups excluding carboxylic acids is 3. The minimum atomic E-state index is -1.03. The van der Waals surface area contributed by atoms with Gasteiger partial charge in [-0.3, -0.25) is 28.4 Å². The van der Waals surface area contributed by atoms with E-state index in [0.29, 0.717) is 52.6 Å². The first-order valence-corrected chi connectivity index (χ1v) is 49.7. The standard InChI is InChI=1S/C104H162N12O7/c1-86(2)40-46-102(49-43-95(16)68(71(102)52-86)22-25-77-92(13)34-31-80(118)89(7,8)74(92)28-37-98(77,95)19)83(121)105-55-65-58-114(111-108-65)61-101(64-117,62-115-59-66(109-112-115)56-106-84(122)103-47-41-87(3,4)53-72(103)69-23-26-78-93(14)35-32-81(119)90(9,10)75(93)29-38-99(78,20)96(69,17)44-50-103)63-116-60-67(110-113-116)57-107-85(123)104-48-42-88(5,6)54-73(104)70-24-27-79-94(15)36-33-82(120)91(11,12)76(94)30-39-100(79,21)97(70,18)45-51-104/h22-24,58-60,71-82,117-120H,25-57,61-64H2,1-21H3,(H,105,121)(H,106,122)(H,107,123)/t71-,72-,73-,74-,75-,76-,77+,78+,79+,80-,81-,82-,92-,93-,94-,95+,96+,97+,98+,99+,100+,102-,103-,104-/m0/s1. The molecule has 0 bridgehead atoms. The minimum absolute atomic E-state index is 0.0450. The van der Waals surface area contributed by atoms with E-state index in [9.17, 15) is 20.4 Å². The lowest BCUT2D eigenvalue weighted by molar-refractivity contribution is -0.203. The van der Waals surface area contributed by atoms with Gasteiger partial charge in [0.1, 0.15) is 17.1 Å². The Bertz CT molecular complexity index is 4270. The third-order valence-electron chi connectivity index (χ3n) is 44.1. The van der Waals surface area contributed by atoms with Gasteiger partial charge in [0.05, 0.1) is 104 Å². The SMILES string of the molecule is CC1(C)CC[C@]2(C(=O)NCc3cn(CC(CO)(Cn4cc(CNC(=O)[C@]56CCC(C)(C)C[C@H]5C5=CC[C@@H]7[C@@]8(C)CC[C@H](O)C(C)(C)[C@@H]8CC[C@@]7(C)[C@]5(C)CC6)nn4)Cn4cc(CNC(=O)[C@]56CCC(C)(C)C[C@H]5C5=CC[C@@H]7[C@@]8(C)CC[C@H](O)C(C)(C)[C@@H]8CC[C@@]7(C)[C@]5(C)CC6)nn4)nn3)CC[C@]3(C)C(=CC[C@@H]4[C@@]5(C)CC[C@H](O)C(C)(C)[C@@H]5CC[C@]43C)[C@@H]2C1. The van der Waals surface area contributed by atoms with Crippen LogP contribution in [0.25, 0.3) is 0 Å². The summed E-state index contributed by atoms with van der Waals surface area (Å²) in [4.78, 5) is 46.9. The Hall–Kier alpha value is -5.11. The lowest BCUT2D eigenvalue weighted by atomic mass is 9.33. The Morgan fingerprint density at radius 2 is 0.618 bits per heavy atom. The molecule has 3 amide bonds. The van der Waals surface area contributed by atoms with Gasteiger partial charge in [0, 0.05) is 0 Å². The van der Waals surface area contributed by atoms with Crippen LogP contribution in [0.2, 0.25) is 0 Å². The highest BCUT2D eigenvalue weighted by Gasteiger charge is 2.74. The Kier molecular flexibility index (Phi) is 20.8. The number of fused-ring (bicyclic) bond motifs is 21. The normalized spacial score (nSPS) is 44.9. The summed E-state index contributed by atoms with van der Waals surface area (Å²) in [5.74, 6) is 3.63. The zero-order valence-corrected chi connectivity index (χ0v) is 80.1. The summed E-state index contributed by atoms with van der Waals surface area (Å²) in [5, 5.41) is 85.7. The number of aromatic nitrogens is 9. The predicted octanol–water partition coefficient (Wildman–Crippen LogP) is 19.2. The van der Waals surface area contributed by atoms with Crippen molar-refractivity contribution in [3.8, 4) is 0 Å². The van der Waals surface area contributed by atoms with Gasteiger partial charge >= 0.3 is 0 Å². The van der Waals surface area contributed by atoms with Crippen LogP contribution in [0.1, 0.15) is 355 Å². The molecule has 24 atom stereocenters. The molecule has 0 unspecified atom stereocenters. The number of amides is 3. The first-order chi connectivity index (χ1) is 57.4. The highest BCUT2D eigenvalue weighted by atomic mass is 16.3. The smallest absolute Gasteiger partial charge is 0.227 e. The highest BCUT2D eigenvalue weighted by molar-refractivity contribution is 5.85. The van der Waals surface area contributed by atoms with Gasteiger partial charge in [0.25, 0.3) is 0 Å². The zero-order valence-electron chi connectivity index (χ0n) is 80.1. The van der Waals surface area contributed by atoms with Crippen molar-refractivity contribution in [3.05, 3.63) is 70.6 Å². The zero-order chi connectivity index (χ0) is 88.1. The molecule has 123 heavy (non-hydrogen) atoms. The van der Waals surface area contributed by atoms with Crippen molar-refractivity contribution in [3.63, 3.8) is 0 Å². The third-order valence-corrected chi connectivity index (χ3v) is 44.1. The van der Waals surface area contributed by atoms with Gasteiger partial charge in [0.2, 0.25) is 17.7 Å². The predicted molar refractivity (Wildman–Crippen MR) is 480 cm³/mol. The summed E-state index contributed by atoms with van der Waals surface area (Å²) < 4.78 is 5.36. The number of carbonyl (C=O) groups is 3. The Balaban J connectivity index is 0.597. The van der Waals surface area contributed by atoms with Crippen LogP contribution in [0.4, 0.5) is 0 Å². The van der Waals surface area contributed by atoms with Crippen molar-refractivity contribution in [2.75, 3.05) is 6.61 Å². The molecule has 7 N–H and O–H groups in total. The Labute approximate surface area is 738 Å². The van der Waals surface area contributed by atoms with E-state index >= 15 is 14.4 Å². The van der Waals surface area contributed by atoms with Gasteiger partial charge in [-0.05, 0) is 327 Å². The number of aliphatic hydroxyl groups is 4. The van der Waals surface area contributed by atoms with Crippen LogP contribution in [0.15, 0.2) is 53.5 Å². The minimum Gasteiger partial charge on any atom is -0.396 e. The molecule has 3 heterocycles. The molecule has 680 valence electrons. The topological polar surface area (TPSA) is 260 Å². The number of allylic oxidation sites excluding steroid dienone is 6. The molecule has 18 rings (SSSR count). The second kappa shape index (κ2) is 28.9. The fourth-order valence-electron chi connectivity index (χ4n) is 35.8. The van der Waals surface area contributed by atoms with E-state index in [4.69, 9.17) is 30.9 Å². The fraction of sp³-hybridized carbons (Fsp3) is 0.856. The summed E-state index contributed by atoms with van der Waals surface area (Å²) in [7, 11) is 0. The summed E-state index contributed by atoms with van der Waals surface area (Å²) in [6, 6.07) is 0. The van der Waals surface area contributed by atoms with Crippen LogP contribution in [-0.4, -0.2) is 108 Å². The maximum Gasteiger partial charge on any atom is 0.227 e. The van der Waals surface area contributed by atoms with Gasteiger partial charge in [-0.25, -0.2) is 0 Å². The summed E-state index contributed by atoms with van der Waals surface area (Å²) in [6.07, 6.45) is 42.3. The first-order valence-electron chi connectivity index (χ1n) is 49.7. The molecular weight excluding hydrogens is 1530 g/mol. The second-order valence-corrected chi connectivity index (χ2v) is 52.2. The molecular formula is C104H162N12O7. The van der Waals surface area contributed by atoms with E-state index in [2.05, 4.69) is 180 Å². The number of aliphatic hydroxyl groups excluding tert-OH is 4. The van der Waals surface area contributed by atoms with E-state index in [0.717, 1.165) is 193 Å². The van der Waals surface area contributed by atoms with E-state index in [1.54, 1.807) is 14.0 Å². The summed E-state index contributed by atoms with van der Waals surface area (Å²) in [6.45, 7) is 52.6. The van der Waals surface area contributed by atoms with Crippen LogP contribution in [-0.2, 0) is 53.7 Å². The largest absolute Gasteiger partial charge is 0.396 e. The van der Waals surface area contributed by atoms with Crippen molar-refractivity contribution in [1.29, 1.82) is 0 Å². The van der Waals surface area contributed by atoms with E-state index in [1.807, 2.05) is 18.6 Å². The van der Waals surface area contributed by atoms with Crippen molar-refractivity contribution in [2.24, 2.45) is 156 Å². The Morgan fingerprint density at radius 1 is 0.358 bits per heavy atom. The molecule has 0 radical (unpaired) electrons. The number of rotatable bonds is 16. The second-order valence-electron chi connectivity index (χ2n) is 52.2. The molecule has 3 aromatic rings. The average Bonchev–Trinajstić information content (AvgIpc) is 0.984. The van der Waals surface area contributed by atoms with Crippen LogP contribution in [0, 0.1) is 156 Å². The number of nitrogens with zero attached hydrogens (tertiary/aromatic N) is 9. The quantitative estimate of drug-likeness (QED) is 0.0659. The summed E-state index contributed by atoms with van der Waals surface area (Å²) in [5.41, 5.74) is 4.15. The van der Waals surface area contributed by atoms with Crippen LogP contribution in [0.5, 0.6) is 0 Å². The van der Waals surface area contributed by atoms with Crippen LogP contribution in [0.3, 0.4) is 0 Å². The van der Waals surface area contributed by atoms with E-state index < -0.39 is 21.7 Å². The van der Waals surface area contributed by atoms with E-state index in [-0.39, 0.29) is 181 Å². The molecule has 19 nitrogen and oxygen atoms in total. The number of hydrogen-bond donors (Lipinski definition) is 7. The first kappa shape index (κ1) is 88.5. The maximum atomic E-state index is 15.6. The van der Waals surface area contributed by atoms with Gasteiger partial charge < -0.3 is 36.4 Å². The van der Waals surface area contributed by atoms with Crippen molar-refractivity contribution in [1.82, 2.24) is 60.9 Å². The van der Waals surface area contributed by atoms with Gasteiger partial charge in [-0.15, -0.1) is 15.3 Å². The lowest BCUT2D eigenvalue weighted by Gasteiger charge is -2.71. The monoisotopic (exact) mass is 1690 g/mol. The molecule has 0 aliphatic heterocycles. The molecule has 0 aromatic carbocycles. The average molecular weight is 1690 g/mol. The van der Waals surface area contributed by atoms with Crippen LogP contribution < -0.4 is 16.0 Å². The summed E-state index contributed by atoms with van der Waals surface area (Å²) >= 11 is 0. The van der Waals surface area contributed by atoms with Crippen molar-refractivity contribution >= 4 is 17.7 Å². The van der Waals surface area contributed by atoms with Crippen LogP contribution >= 0.6 is 0 Å². The molecule has 15 aliphatic rings. The van der Waals surface area contributed by atoms with Crippen molar-refractivity contribution in [2.45, 2.75) is 396 Å². The molecule has 0 saturated heterocycles. The molecule has 0 spiro atoms. The third kappa shape index (κ3) is 12.9. The molecule has 19 heteroatoms. The maximum absolute atomic E-state index is 15.6. The molecule has 3 aromatic heterocycles. The number of nitrogens with one attached hydrogen (secondary N) is 3. The molecule has 12 saturated carbocycles.